The third kappa shape index (κ3) is 4.66. The van der Waals surface area contributed by atoms with Crippen LogP contribution in [0.1, 0.15) is 16.1 Å². The van der Waals surface area contributed by atoms with E-state index in [0.717, 1.165) is 0 Å². The van der Waals surface area contributed by atoms with Gasteiger partial charge < -0.3 is 14.6 Å². The summed E-state index contributed by atoms with van der Waals surface area (Å²) in [6, 6.07) is 10.7. The van der Waals surface area contributed by atoms with Crippen molar-refractivity contribution < 1.29 is 14.1 Å². The van der Waals surface area contributed by atoms with Crippen LogP contribution in [0.4, 0.5) is 0 Å². The Kier molecular flexibility index (Phi) is 6.08. The highest BCUT2D eigenvalue weighted by atomic mass is 35.5. The molecule has 1 amide bonds. The molecule has 0 aliphatic rings. The number of hydrogen-bond donors (Lipinski definition) is 1. The summed E-state index contributed by atoms with van der Waals surface area (Å²) in [7, 11) is 0. The summed E-state index contributed by atoms with van der Waals surface area (Å²) < 4.78 is 10.6. The molecule has 0 atom stereocenters. The number of aromatic nitrogens is 2. The van der Waals surface area contributed by atoms with Crippen LogP contribution in [-0.2, 0) is 0 Å². The molecule has 2 heterocycles. The molecule has 1 aromatic carbocycles. The third-order valence-corrected chi connectivity index (χ3v) is 3.96. The van der Waals surface area contributed by atoms with Gasteiger partial charge in [0, 0.05) is 11.8 Å². The Morgan fingerprint density at radius 2 is 2.11 bits per heavy atom. The molecule has 0 radical (unpaired) electrons. The molecule has 6 nitrogen and oxygen atoms in total. The minimum Gasteiger partial charge on any atom is -0.479 e. The monoisotopic (exact) mass is 381 g/mol. The molecule has 0 aliphatic carbocycles. The molecular weight excluding hydrogens is 366 g/mol. The van der Waals surface area contributed by atoms with E-state index in [0.29, 0.717) is 33.4 Å². The number of benzene rings is 1. The second kappa shape index (κ2) is 8.88. The van der Waals surface area contributed by atoms with Crippen molar-refractivity contribution in [2.24, 2.45) is 0 Å². The van der Waals surface area contributed by atoms with Crippen LogP contribution in [0.2, 0.25) is 5.02 Å². The largest absolute Gasteiger partial charge is 0.479 e. The Hall–Kier alpha value is -3.30. The second-order valence-electron chi connectivity index (χ2n) is 5.46. The van der Waals surface area contributed by atoms with Crippen molar-refractivity contribution in [3.8, 4) is 28.8 Å². The normalized spacial score (nSPS) is 10.0. The van der Waals surface area contributed by atoms with Gasteiger partial charge in [-0.25, -0.2) is 0 Å². The molecule has 0 spiro atoms. The predicted octanol–water partition coefficient (Wildman–Crippen LogP) is 3.51. The lowest BCUT2D eigenvalue weighted by Gasteiger charge is -2.04. The van der Waals surface area contributed by atoms with E-state index >= 15 is 0 Å². The Bertz CT molecular complexity index is 990. The van der Waals surface area contributed by atoms with Gasteiger partial charge in [-0.1, -0.05) is 46.8 Å². The molecule has 2 aromatic heterocycles. The summed E-state index contributed by atoms with van der Waals surface area (Å²) in [6.45, 7) is 2.05. The average Bonchev–Trinajstić information content (AvgIpc) is 3.07. The van der Waals surface area contributed by atoms with E-state index in [9.17, 15) is 4.79 Å². The Balaban J connectivity index is 1.60. The Labute approximate surface area is 161 Å². The van der Waals surface area contributed by atoms with Crippen LogP contribution in [-0.4, -0.2) is 29.2 Å². The van der Waals surface area contributed by atoms with Gasteiger partial charge in [-0.3, -0.25) is 9.78 Å². The van der Waals surface area contributed by atoms with Crippen LogP contribution in [0.5, 0.6) is 5.75 Å². The van der Waals surface area contributed by atoms with E-state index in [1.165, 1.54) is 0 Å². The van der Waals surface area contributed by atoms with Crippen molar-refractivity contribution in [3.05, 3.63) is 65.1 Å². The van der Waals surface area contributed by atoms with E-state index in [-0.39, 0.29) is 19.1 Å². The van der Waals surface area contributed by atoms with Crippen LogP contribution in [0, 0.1) is 18.8 Å². The second-order valence-corrected chi connectivity index (χ2v) is 5.86. The summed E-state index contributed by atoms with van der Waals surface area (Å²) in [6.07, 6.45) is 3.27. The number of amides is 1. The van der Waals surface area contributed by atoms with Gasteiger partial charge in [-0.05, 0) is 25.1 Å². The van der Waals surface area contributed by atoms with Gasteiger partial charge in [-0.15, -0.1) is 0 Å². The third-order valence-electron chi connectivity index (χ3n) is 3.63. The van der Waals surface area contributed by atoms with E-state index in [1.807, 2.05) is 12.1 Å². The van der Waals surface area contributed by atoms with Crippen molar-refractivity contribution in [3.63, 3.8) is 0 Å². The average molecular weight is 382 g/mol. The molecule has 7 heteroatoms. The van der Waals surface area contributed by atoms with Gasteiger partial charge in [0.05, 0.1) is 17.8 Å². The standard InChI is InChI=1S/C20H16ClN3O3/c1-14-18(19(24-27-14)16-8-2-3-9-17(16)21)20(25)23-11-4-5-12-26-15-7-6-10-22-13-15/h2-3,6-10,13H,11-12H2,1H3,(H,23,25). The molecule has 3 aromatic rings. The molecule has 136 valence electrons. The summed E-state index contributed by atoms with van der Waals surface area (Å²) in [5.74, 6) is 6.39. The van der Waals surface area contributed by atoms with Gasteiger partial charge >= 0.3 is 0 Å². The van der Waals surface area contributed by atoms with Crippen molar-refractivity contribution in [1.29, 1.82) is 0 Å². The first-order chi connectivity index (χ1) is 13.2. The molecule has 1 N–H and O–H groups in total. The predicted molar refractivity (Wildman–Crippen MR) is 102 cm³/mol. The Morgan fingerprint density at radius 1 is 1.26 bits per heavy atom. The van der Waals surface area contributed by atoms with E-state index in [4.69, 9.17) is 20.9 Å². The minimum absolute atomic E-state index is 0.168. The fraction of sp³-hybridized carbons (Fsp3) is 0.150. The lowest BCUT2D eigenvalue weighted by molar-refractivity contribution is 0.0957. The van der Waals surface area contributed by atoms with Crippen LogP contribution < -0.4 is 10.1 Å². The molecule has 0 aliphatic heterocycles. The number of pyridine rings is 1. The fourth-order valence-corrected chi connectivity index (χ4v) is 2.58. The molecular formula is C20H16ClN3O3. The number of nitrogens with zero attached hydrogens (tertiary/aromatic N) is 2. The first-order valence-corrected chi connectivity index (χ1v) is 8.52. The summed E-state index contributed by atoms with van der Waals surface area (Å²) in [4.78, 5) is 16.5. The van der Waals surface area contributed by atoms with Gasteiger partial charge in [0.25, 0.3) is 5.91 Å². The number of nitrogens with one attached hydrogen (secondary N) is 1. The molecule has 0 saturated carbocycles. The molecule has 0 saturated heterocycles. The number of ether oxygens (including phenoxy) is 1. The highest BCUT2D eigenvalue weighted by Gasteiger charge is 2.22. The number of carbonyl (C=O) groups excluding carboxylic acids is 1. The zero-order valence-electron chi connectivity index (χ0n) is 14.5. The molecule has 3 rings (SSSR count). The first-order valence-electron chi connectivity index (χ1n) is 8.14. The maximum absolute atomic E-state index is 12.5. The van der Waals surface area contributed by atoms with Gasteiger partial charge in [0.2, 0.25) is 0 Å². The zero-order chi connectivity index (χ0) is 19.1. The van der Waals surface area contributed by atoms with Crippen LogP contribution >= 0.6 is 11.6 Å². The molecule has 0 unspecified atom stereocenters. The number of carbonyl (C=O) groups is 1. The topological polar surface area (TPSA) is 77.2 Å². The highest BCUT2D eigenvalue weighted by Crippen LogP contribution is 2.30. The van der Waals surface area contributed by atoms with Crippen LogP contribution in [0.3, 0.4) is 0 Å². The lowest BCUT2D eigenvalue weighted by atomic mass is 10.1. The van der Waals surface area contributed by atoms with Crippen molar-refractivity contribution in [1.82, 2.24) is 15.5 Å². The van der Waals surface area contributed by atoms with Crippen LogP contribution in [0.15, 0.2) is 53.3 Å². The van der Waals surface area contributed by atoms with E-state index in [1.54, 1.807) is 43.6 Å². The minimum atomic E-state index is -0.328. The van der Waals surface area contributed by atoms with Crippen molar-refractivity contribution in [2.75, 3.05) is 13.2 Å². The molecule has 0 fully saturated rings. The number of aryl methyl sites for hydroxylation is 1. The quantitative estimate of drug-likeness (QED) is 0.684. The fourth-order valence-electron chi connectivity index (χ4n) is 2.35. The van der Waals surface area contributed by atoms with Crippen LogP contribution in [0.25, 0.3) is 11.3 Å². The molecule has 0 bridgehead atoms. The number of halogens is 1. The summed E-state index contributed by atoms with van der Waals surface area (Å²) >= 11 is 6.20. The van der Waals surface area contributed by atoms with Gasteiger partial charge in [-0.2, -0.15) is 0 Å². The summed E-state index contributed by atoms with van der Waals surface area (Å²) in [5.41, 5.74) is 1.39. The van der Waals surface area contributed by atoms with Gasteiger partial charge in [0.15, 0.2) is 0 Å². The van der Waals surface area contributed by atoms with E-state index < -0.39 is 0 Å². The first kappa shape index (κ1) is 18.5. The molecule has 27 heavy (non-hydrogen) atoms. The SMILES string of the molecule is Cc1onc(-c2ccccc2Cl)c1C(=O)NCC#CCOc1cccnc1. The Morgan fingerprint density at radius 3 is 2.89 bits per heavy atom. The van der Waals surface area contributed by atoms with Crippen molar-refractivity contribution >= 4 is 17.5 Å². The number of rotatable bonds is 5. The maximum atomic E-state index is 12.5. The maximum Gasteiger partial charge on any atom is 0.257 e. The highest BCUT2D eigenvalue weighted by molar-refractivity contribution is 6.33. The lowest BCUT2D eigenvalue weighted by Crippen LogP contribution is -2.24. The zero-order valence-corrected chi connectivity index (χ0v) is 15.3. The van der Waals surface area contributed by atoms with Crippen molar-refractivity contribution in [2.45, 2.75) is 6.92 Å². The summed E-state index contributed by atoms with van der Waals surface area (Å²) in [5, 5.41) is 7.20. The number of hydrogen-bond acceptors (Lipinski definition) is 5. The smallest absolute Gasteiger partial charge is 0.257 e. The van der Waals surface area contributed by atoms with Gasteiger partial charge in [0.1, 0.15) is 29.4 Å². The van der Waals surface area contributed by atoms with E-state index in [2.05, 4.69) is 27.3 Å².